The zero-order chi connectivity index (χ0) is 27.0. The molecule has 0 saturated heterocycles. The Bertz CT molecular complexity index is 588. The van der Waals surface area contributed by atoms with Crippen molar-refractivity contribution >= 4 is 11.9 Å². The second-order valence-corrected chi connectivity index (χ2v) is 11.4. The summed E-state index contributed by atoms with van der Waals surface area (Å²) in [7, 11) is 0. The fraction of sp³-hybridized carbons (Fsp3) is 0.714. The lowest BCUT2D eigenvalue weighted by Gasteiger charge is -2.29. The van der Waals surface area contributed by atoms with Crippen molar-refractivity contribution in [3.05, 3.63) is 38.0 Å². The van der Waals surface area contributed by atoms with Crippen molar-refractivity contribution in [1.82, 2.24) is 5.32 Å². The molecule has 1 N–H and O–H groups in total. The summed E-state index contributed by atoms with van der Waals surface area (Å²) in [6.07, 6.45) is 3.68. The van der Waals surface area contributed by atoms with E-state index in [1.807, 2.05) is 54.5 Å². The van der Waals surface area contributed by atoms with E-state index in [2.05, 4.69) is 52.4 Å². The maximum Gasteiger partial charge on any atom is 0.309 e. The second-order valence-electron chi connectivity index (χ2n) is 11.4. The largest absolute Gasteiger partial charge is 0.460 e. The molecule has 1 amide bonds. The minimum Gasteiger partial charge on any atom is -0.460 e. The van der Waals surface area contributed by atoms with Crippen molar-refractivity contribution in [3.8, 4) is 0 Å². The van der Waals surface area contributed by atoms with Crippen LogP contribution in [0.5, 0.6) is 0 Å². The molecule has 0 bridgehead atoms. The quantitative estimate of drug-likeness (QED) is 0.174. The Kier molecular flexibility index (Phi) is 18.1. The van der Waals surface area contributed by atoms with E-state index in [4.69, 9.17) is 9.47 Å². The van der Waals surface area contributed by atoms with Crippen LogP contribution in [0.1, 0.15) is 89.0 Å². The van der Waals surface area contributed by atoms with Crippen LogP contribution in [-0.2, 0) is 19.1 Å². The molecule has 5 heteroatoms. The molecule has 0 aromatic rings. The fourth-order valence-corrected chi connectivity index (χ4v) is 2.22. The first-order valence-corrected chi connectivity index (χ1v) is 11.7. The Hall–Kier alpha value is -1.88. The number of hydrogen-bond acceptors (Lipinski definition) is 4. The molecule has 0 saturated carbocycles. The maximum absolute atomic E-state index is 11.6. The topological polar surface area (TPSA) is 64.6 Å². The number of ether oxygens (including phenoxy) is 2. The first kappa shape index (κ1) is 35.7. The molecule has 5 nitrogen and oxygen atoms in total. The molecule has 2 atom stereocenters. The summed E-state index contributed by atoms with van der Waals surface area (Å²) < 4.78 is 11.0. The normalized spacial score (nSPS) is 13.2. The van der Waals surface area contributed by atoms with Crippen molar-refractivity contribution in [2.24, 2.45) is 16.7 Å². The summed E-state index contributed by atoms with van der Waals surface area (Å²) in [5.41, 5.74) is 0.360. The SMILES string of the molecule is C=C.C=CC(CC(C)(C)C)OCCCNC(=O)C(=C)C.CC(C(=O)OC(C)(C)C)C(C)(C)C. The third-order valence-corrected chi connectivity index (χ3v) is 4.46. The molecular formula is C28H53NO4. The molecule has 33 heavy (non-hydrogen) atoms. The molecule has 0 spiro atoms. The molecule has 0 heterocycles. The molecule has 0 radical (unpaired) electrons. The summed E-state index contributed by atoms with van der Waals surface area (Å²) in [5, 5.41) is 2.78. The van der Waals surface area contributed by atoms with E-state index >= 15 is 0 Å². The van der Waals surface area contributed by atoms with Gasteiger partial charge in [0.15, 0.2) is 0 Å². The first-order valence-electron chi connectivity index (χ1n) is 11.7. The van der Waals surface area contributed by atoms with Gasteiger partial charge in [0.05, 0.1) is 12.0 Å². The van der Waals surface area contributed by atoms with Gasteiger partial charge in [0, 0.05) is 18.7 Å². The van der Waals surface area contributed by atoms with Crippen LogP contribution in [0.4, 0.5) is 0 Å². The van der Waals surface area contributed by atoms with Crippen LogP contribution in [-0.4, -0.2) is 36.7 Å². The Labute approximate surface area is 205 Å². The van der Waals surface area contributed by atoms with Gasteiger partial charge in [-0.05, 0) is 51.4 Å². The van der Waals surface area contributed by atoms with Gasteiger partial charge in [0.2, 0.25) is 5.91 Å². The highest BCUT2D eigenvalue weighted by atomic mass is 16.6. The van der Waals surface area contributed by atoms with Crippen LogP contribution in [0.15, 0.2) is 38.0 Å². The van der Waals surface area contributed by atoms with Crippen molar-refractivity contribution < 1.29 is 19.1 Å². The van der Waals surface area contributed by atoms with E-state index in [1.165, 1.54) is 0 Å². The molecule has 194 valence electrons. The highest BCUT2D eigenvalue weighted by Crippen LogP contribution is 2.27. The van der Waals surface area contributed by atoms with Gasteiger partial charge in [-0.1, -0.05) is 61.1 Å². The molecular weight excluding hydrogens is 414 g/mol. The zero-order valence-electron chi connectivity index (χ0n) is 23.5. The summed E-state index contributed by atoms with van der Waals surface area (Å²) in [6.45, 7) is 36.6. The molecule has 0 aromatic heterocycles. The summed E-state index contributed by atoms with van der Waals surface area (Å²) >= 11 is 0. The number of hydrogen-bond donors (Lipinski definition) is 1. The molecule has 0 aliphatic carbocycles. The van der Waals surface area contributed by atoms with Crippen LogP contribution >= 0.6 is 0 Å². The summed E-state index contributed by atoms with van der Waals surface area (Å²) in [4.78, 5) is 22.8. The van der Waals surface area contributed by atoms with Crippen LogP contribution in [0.25, 0.3) is 0 Å². The number of rotatable bonds is 9. The fourth-order valence-electron chi connectivity index (χ4n) is 2.22. The van der Waals surface area contributed by atoms with Crippen LogP contribution in [0.3, 0.4) is 0 Å². The standard InChI is InChI=1S/C15H27NO2.C11H22O2.C2H4/c1-7-13(11-15(4,5)6)18-10-8-9-16-14(17)12(2)3;1-8(10(2,3)4)9(12)13-11(5,6)7;1-2/h7,13H,1-2,8-11H2,3-6H3,(H,16,17);8H,1-7H3;1-2H2. The van der Waals surface area contributed by atoms with Gasteiger partial charge in [0.1, 0.15) is 5.60 Å². The smallest absolute Gasteiger partial charge is 0.309 e. The van der Waals surface area contributed by atoms with Gasteiger partial charge >= 0.3 is 5.97 Å². The van der Waals surface area contributed by atoms with Crippen molar-refractivity contribution in [2.75, 3.05) is 13.2 Å². The number of nitrogens with one attached hydrogen (secondary N) is 1. The molecule has 0 aliphatic heterocycles. The third kappa shape index (κ3) is 23.1. The van der Waals surface area contributed by atoms with Gasteiger partial charge < -0.3 is 14.8 Å². The predicted molar refractivity (Wildman–Crippen MR) is 142 cm³/mol. The third-order valence-electron chi connectivity index (χ3n) is 4.46. The Morgan fingerprint density at radius 2 is 1.48 bits per heavy atom. The molecule has 0 fully saturated rings. The monoisotopic (exact) mass is 467 g/mol. The number of carbonyl (C=O) groups is 2. The molecule has 2 unspecified atom stereocenters. The van der Waals surface area contributed by atoms with E-state index < -0.39 is 0 Å². The maximum atomic E-state index is 11.6. The Morgan fingerprint density at radius 3 is 1.82 bits per heavy atom. The van der Waals surface area contributed by atoms with Crippen molar-refractivity contribution in [1.29, 1.82) is 0 Å². The second kappa shape index (κ2) is 16.7. The number of amides is 1. The Morgan fingerprint density at radius 1 is 1.00 bits per heavy atom. The molecule has 0 aromatic carbocycles. The van der Waals surface area contributed by atoms with Crippen LogP contribution in [0, 0.1) is 16.7 Å². The molecule has 0 rings (SSSR count). The van der Waals surface area contributed by atoms with Gasteiger partial charge in [-0.2, -0.15) is 0 Å². The average molecular weight is 468 g/mol. The minimum atomic E-state index is -0.378. The lowest BCUT2D eigenvalue weighted by Crippen LogP contribution is -2.33. The average Bonchev–Trinajstić information content (AvgIpc) is 2.64. The van der Waals surface area contributed by atoms with Gasteiger partial charge in [-0.15, -0.1) is 19.7 Å². The summed E-state index contributed by atoms with van der Waals surface area (Å²) in [5.74, 6) is -0.267. The van der Waals surface area contributed by atoms with Crippen LogP contribution < -0.4 is 5.32 Å². The van der Waals surface area contributed by atoms with Crippen molar-refractivity contribution in [3.63, 3.8) is 0 Å². The Balaban J connectivity index is -0.000000530. The van der Waals surface area contributed by atoms with E-state index in [0.717, 1.165) is 12.8 Å². The van der Waals surface area contributed by atoms with E-state index in [1.54, 1.807) is 6.92 Å². The lowest BCUT2D eigenvalue weighted by molar-refractivity contribution is -0.163. The van der Waals surface area contributed by atoms with E-state index in [-0.39, 0.29) is 40.3 Å². The van der Waals surface area contributed by atoms with E-state index in [9.17, 15) is 9.59 Å². The number of esters is 1. The van der Waals surface area contributed by atoms with Gasteiger partial charge in [-0.3, -0.25) is 9.59 Å². The van der Waals surface area contributed by atoms with Crippen LogP contribution in [0.2, 0.25) is 0 Å². The minimum absolute atomic E-state index is 0.0255. The predicted octanol–water partition coefficient (Wildman–Crippen LogP) is 6.89. The van der Waals surface area contributed by atoms with Gasteiger partial charge in [0.25, 0.3) is 0 Å². The van der Waals surface area contributed by atoms with Crippen molar-refractivity contribution in [2.45, 2.75) is 101 Å². The zero-order valence-corrected chi connectivity index (χ0v) is 23.5. The highest BCUT2D eigenvalue weighted by molar-refractivity contribution is 5.91. The molecule has 0 aliphatic rings. The van der Waals surface area contributed by atoms with E-state index in [0.29, 0.717) is 18.7 Å². The lowest BCUT2D eigenvalue weighted by atomic mass is 9.82. The highest BCUT2D eigenvalue weighted by Gasteiger charge is 2.30. The number of carbonyl (C=O) groups excluding carboxylic acids is 2. The van der Waals surface area contributed by atoms with Gasteiger partial charge in [-0.25, -0.2) is 0 Å². The first-order chi connectivity index (χ1) is 14.8. The summed E-state index contributed by atoms with van der Waals surface area (Å²) in [6, 6.07) is 0.